The number of amides is 2. The van der Waals surface area contributed by atoms with Crippen molar-refractivity contribution in [3.05, 3.63) is 29.3 Å². The van der Waals surface area contributed by atoms with Crippen LogP contribution < -0.4 is 0 Å². The average molecular weight is 278 g/mol. The number of phenols is 1. The molecule has 20 heavy (non-hydrogen) atoms. The fraction of sp³-hybridized carbons (Fsp3) is 0.467. The second kappa shape index (κ2) is 6.93. The Morgan fingerprint density at radius 3 is 2.30 bits per heavy atom. The first-order valence-corrected chi connectivity index (χ1v) is 6.73. The van der Waals surface area contributed by atoms with Crippen LogP contribution in [0.1, 0.15) is 29.8 Å². The van der Waals surface area contributed by atoms with Gasteiger partial charge in [-0.1, -0.05) is 0 Å². The number of aromatic hydroxyl groups is 1. The summed E-state index contributed by atoms with van der Waals surface area (Å²) in [6.45, 7) is 6.90. The Hall–Kier alpha value is -2.04. The van der Waals surface area contributed by atoms with E-state index in [9.17, 15) is 14.7 Å². The summed E-state index contributed by atoms with van der Waals surface area (Å²) in [7, 11) is 1.61. The molecule has 5 heteroatoms. The van der Waals surface area contributed by atoms with Crippen molar-refractivity contribution >= 4 is 11.8 Å². The van der Waals surface area contributed by atoms with Gasteiger partial charge < -0.3 is 14.9 Å². The van der Waals surface area contributed by atoms with Crippen LogP contribution in [0.25, 0.3) is 0 Å². The van der Waals surface area contributed by atoms with Crippen molar-refractivity contribution in [1.82, 2.24) is 9.80 Å². The first-order chi connectivity index (χ1) is 9.40. The minimum absolute atomic E-state index is 0.0564. The Bertz CT molecular complexity index is 496. The van der Waals surface area contributed by atoms with Gasteiger partial charge in [0, 0.05) is 25.7 Å². The number of benzene rings is 1. The van der Waals surface area contributed by atoms with Crippen LogP contribution in [-0.2, 0) is 4.79 Å². The Kier molecular flexibility index (Phi) is 5.55. The van der Waals surface area contributed by atoms with Crippen molar-refractivity contribution in [2.24, 2.45) is 0 Å². The summed E-state index contributed by atoms with van der Waals surface area (Å²) in [4.78, 5) is 27.4. The van der Waals surface area contributed by atoms with Crippen molar-refractivity contribution in [3.8, 4) is 5.75 Å². The highest BCUT2D eigenvalue weighted by Crippen LogP contribution is 2.17. The third kappa shape index (κ3) is 3.73. The molecule has 0 aliphatic rings. The molecule has 110 valence electrons. The molecule has 0 heterocycles. The molecule has 1 N–H and O–H groups in total. The molecule has 1 rings (SSSR count). The van der Waals surface area contributed by atoms with Gasteiger partial charge in [-0.3, -0.25) is 9.59 Å². The predicted octanol–water partition coefficient (Wildman–Crippen LogP) is 1.64. The Labute approximate surface area is 119 Å². The van der Waals surface area contributed by atoms with E-state index in [2.05, 4.69) is 0 Å². The third-order valence-electron chi connectivity index (χ3n) is 3.28. The van der Waals surface area contributed by atoms with E-state index in [0.29, 0.717) is 24.2 Å². The van der Waals surface area contributed by atoms with Crippen LogP contribution in [0.15, 0.2) is 18.2 Å². The molecule has 2 amide bonds. The van der Waals surface area contributed by atoms with E-state index in [4.69, 9.17) is 0 Å². The first kappa shape index (κ1) is 16.0. The van der Waals surface area contributed by atoms with Gasteiger partial charge in [0.05, 0.1) is 6.54 Å². The van der Waals surface area contributed by atoms with E-state index in [0.717, 1.165) is 0 Å². The van der Waals surface area contributed by atoms with Gasteiger partial charge in [-0.15, -0.1) is 0 Å². The van der Waals surface area contributed by atoms with Gasteiger partial charge >= 0.3 is 0 Å². The summed E-state index contributed by atoms with van der Waals surface area (Å²) in [5.41, 5.74) is 1.19. The van der Waals surface area contributed by atoms with Crippen LogP contribution in [-0.4, -0.2) is 53.4 Å². The zero-order valence-electron chi connectivity index (χ0n) is 12.5. The predicted molar refractivity (Wildman–Crippen MR) is 77.7 cm³/mol. The standard InChI is InChI=1S/C15H22N2O3/c1-5-17(6-2)14(19)10-16(4)15(20)13-8-7-12(18)9-11(13)3/h7-9,18H,5-6,10H2,1-4H3. The highest BCUT2D eigenvalue weighted by Gasteiger charge is 2.19. The minimum Gasteiger partial charge on any atom is -0.508 e. The third-order valence-corrected chi connectivity index (χ3v) is 3.28. The first-order valence-electron chi connectivity index (χ1n) is 6.73. The molecule has 1 aromatic carbocycles. The van der Waals surface area contributed by atoms with Crippen molar-refractivity contribution in [2.75, 3.05) is 26.7 Å². The van der Waals surface area contributed by atoms with Crippen molar-refractivity contribution in [3.63, 3.8) is 0 Å². The number of likely N-dealkylation sites (N-methyl/N-ethyl adjacent to an activating group) is 2. The SMILES string of the molecule is CCN(CC)C(=O)CN(C)C(=O)c1ccc(O)cc1C. The van der Waals surface area contributed by atoms with Gasteiger partial charge in [-0.05, 0) is 44.5 Å². The largest absolute Gasteiger partial charge is 0.508 e. The molecule has 0 saturated carbocycles. The fourth-order valence-electron chi connectivity index (χ4n) is 2.04. The number of phenolic OH excluding ortho intramolecular Hbond substituents is 1. The van der Waals surface area contributed by atoms with Gasteiger partial charge in [0.1, 0.15) is 5.75 Å². The summed E-state index contributed by atoms with van der Waals surface area (Å²) in [5.74, 6) is -0.161. The average Bonchev–Trinajstić information content (AvgIpc) is 2.39. The molecule has 0 atom stereocenters. The quantitative estimate of drug-likeness (QED) is 0.890. The van der Waals surface area contributed by atoms with Gasteiger partial charge in [-0.25, -0.2) is 0 Å². The molecule has 0 aliphatic heterocycles. The van der Waals surface area contributed by atoms with Crippen molar-refractivity contribution in [2.45, 2.75) is 20.8 Å². The van der Waals surface area contributed by atoms with Gasteiger partial charge in [-0.2, -0.15) is 0 Å². The number of carbonyl (C=O) groups excluding carboxylic acids is 2. The van der Waals surface area contributed by atoms with Gasteiger partial charge in [0.15, 0.2) is 0 Å². The molecule has 0 saturated heterocycles. The topological polar surface area (TPSA) is 60.9 Å². The zero-order valence-corrected chi connectivity index (χ0v) is 12.5. The molecule has 1 aromatic rings. The smallest absolute Gasteiger partial charge is 0.254 e. The van der Waals surface area contributed by atoms with Gasteiger partial charge in [0.2, 0.25) is 5.91 Å². The summed E-state index contributed by atoms with van der Waals surface area (Å²) >= 11 is 0. The lowest BCUT2D eigenvalue weighted by Gasteiger charge is -2.23. The Morgan fingerprint density at radius 2 is 1.80 bits per heavy atom. The van der Waals surface area contributed by atoms with E-state index in [1.165, 1.54) is 17.0 Å². The molecule has 5 nitrogen and oxygen atoms in total. The van der Waals surface area contributed by atoms with E-state index < -0.39 is 0 Å². The molecule has 0 aliphatic carbocycles. The lowest BCUT2D eigenvalue weighted by molar-refractivity contribution is -0.131. The van der Waals surface area contributed by atoms with Crippen LogP contribution in [0, 0.1) is 6.92 Å². The number of nitrogens with zero attached hydrogens (tertiary/aromatic N) is 2. The van der Waals surface area contributed by atoms with Crippen LogP contribution in [0.5, 0.6) is 5.75 Å². The molecule has 0 radical (unpaired) electrons. The fourth-order valence-corrected chi connectivity index (χ4v) is 2.04. The molecule has 0 spiro atoms. The maximum atomic E-state index is 12.3. The second-order valence-corrected chi connectivity index (χ2v) is 4.73. The van der Waals surface area contributed by atoms with E-state index in [-0.39, 0.29) is 24.1 Å². The van der Waals surface area contributed by atoms with Crippen molar-refractivity contribution in [1.29, 1.82) is 0 Å². The summed E-state index contributed by atoms with van der Waals surface area (Å²) in [5, 5.41) is 9.35. The second-order valence-electron chi connectivity index (χ2n) is 4.73. The number of hydrogen-bond acceptors (Lipinski definition) is 3. The number of hydrogen-bond donors (Lipinski definition) is 1. The van der Waals surface area contributed by atoms with Gasteiger partial charge in [0.25, 0.3) is 5.91 Å². The number of aryl methyl sites for hydroxylation is 1. The van der Waals surface area contributed by atoms with E-state index in [1.54, 1.807) is 24.9 Å². The Balaban J connectivity index is 2.79. The Morgan fingerprint density at radius 1 is 1.20 bits per heavy atom. The highest BCUT2D eigenvalue weighted by atomic mass is 16.3. The van der Waals surface area contributed by atoms with Crippen LogP contribution >= 0.6 is 0 Å². The molecular weight excluding hydrogens is 256 g/mol. The number of rotatable bonds is 5. The molecule has 0 unspecified atom stereocenters. The van der Waals surface area contributed by atoms with Crippen molar-refractivity contribution < 1.29 is 14.7 Å². The maximum Gasteiger partial charge on any atom is 0.254 e. The van der Waals surface area contributed by atoms with E-state index in [1.807, 2.05) is 13.8 Å². The normalized spacial score (nSPS) is 10.2. The molecular formula is C15H22N2O3. The van der Waals surface area contributed by atoms with Crippen LogP contribution in [0.4, 0.5) is 0 Å². The highest BCUT2D eigenvalue weighted by molar-refractivity contribution is 5.97. The maximum absolute atomic E-state index is 12.3. The molecule has 0 aromatic heterocycles. The monoisotopic (exact) mass is 278 g/mol. The zero-order chi connectivity index (χ0) is 15.3. The van der Waals surface area contributed by atoms with Crippen LogP contribution in [0.3, 0.4) is 0 Å². The lowest BCUT2D eigenvalue weighted by atomic mass is 10.1. The van der Waals surface area contributed by atoms with Crippen LogP contribution in [0.2, 0.25) is 0 Å². The summed E-state index contributed by atoms with van der Waals surface area (Å²) < 4.78 is 0. The summed E-state index contributed by atoms with van der Waals surface area (Å²) in [6.07, 6.45) is 0. The summed E-state index contributed by atoms with van der Waals surface area (Å²) in [6, 6.07) is 4.58. The minimum atomic E-state index is -0.219. The molecule has 0 bridgehead atoms. The number of carbonyl (C=O) groups is 2. The lowest BCUT2D eigenvalue weighted by Crippen LogP contribution is -2.41. The molecule has 0 fully saturated rings. The van der Waals surface area contributed by atoms with E-state index >= 15 is 0 Å².